The van der Waals surface area contributed by atoms with Crippen molar-refractivity contribution in [2.24, 2.45) is 7.05 Å². The molecule has 1 aliphatic heterocycles. The summed E-state index contributed by atoms with van der Waals surface area (Å²) in [5, 5.41) is 6.42. The molecule has 1 aliphatic rings. The molecule has 1 aromatic heterocycles. The number of aromatic amines is 1. The Morgan fingerprint density at radius 3 is 2.60 bits per heavy atom. The lowest BCUT2D eigenvalue weighted by Gasteiger charge is -2.31. The molecule has 2 heterocycles. The molecule has 0 amide bonds. The minimum Gasteiger partial charge on any atom is -0.485 e. The summed E-state index contributed by atoms with van der Waals surface area (Å²) in [5.74, 6) is 1.39. The maximum Gasteiger partial charge on any atom is 0.343 e. The summed E-state index contributed by atoms with van der Waals surface area (Å²) in [6.45, 7) is 10.1. The number of benzene rings is 1. The number of morpholine rings is 1. The number of aromatic nitrogens is 3. The van der Waals surface area contributed by atoms with Crippen molar-refractivity contribution in [2.75, 3.05) is 31.2 Å². The van der Waals surface area contributed by atoms with Crippen LogP contribution in [0, 0.1) is 0 Å². The van der Waals surface area contributed by atoms with Crippen molar-refractivity contribution >= 4 is 5.69 Å². The van der Waals surface area contributed by atoms with E-state index in [0.29, 0.717) is 5.82 Å². The molecule has 1 fully saturated rings. The molecular formula is C18H26N4O3. The first-order valence-corrected chi connectivity index (χ1v) is 8.56. The summed E-state index contributed by atoms with van der Waals surface area (Å²) in [6.07, 6.45) is 0. The fourth-order valence-corrected chi connectivity index (χ4v) is 2.90. The topological polar surface area (TPSA) is 72.4 Å². The van der Waals surface area contributed by atoms with Gasteiger partial charge in [-0.15, -0.1) is 0 Å². The zero-order chi connectivity index (χ0) is 18.0. The Labute approximate surface area is 147 Å². The highest BCUT2D eigenvalue weighted by molar-refractivity contribution is 5.55. The van der Waals surface area contributed by atoms with Crippen LogP contribution in [0.15, 0.2) is 23.0 Å². The third-order valence-electron chi connectivity index (χ3n) is 4.48. The lowest BCUT2D eigenvalue weighted by Crippen LogP contribution is -2.36. The van der Waals surface area contributed by atoms with Crippen LogP contribution in [-0.4, -0.2) is 41.1 Å². The first-order chi connectivity index (χ1) is 11.9. The molecule has 0 unspecified atom stereocenters. The minimum atomic E-state index is -0.239. The van der Waals surface area contributed by atoms with Crippen molar-refractivity contribution in [2.45, 2.75) is 32.8 Å². The van der Waals surface area contributed by atoms with E-state index in [1.165, 1.54) is 10.3 Å². The van der Waals surface area contributed by atoms with Gasteiger partial charge in [-0.2, -0.15) is 5.10 Å². The summed E-state index contributed by atoms with van der Waals surface area (Å²) in [7, 11) is 1.68. The molecule has 2 aromatic rings. The van der Waals surface area contributed by atoms with Crippen LogP contribution in [0.25, 0.3) is 0 Å². The second-order valence-electron chi connectivity index (χ2n) is 7.32. The summed E-state index contributed by atoms with van der Waals surface area (Å²) in [4.78, 5) is 13.8. The standard InChI is InChI=1S/C18H26N4O3/c1-18(2,3)14-11-13(22-7-9-24-10-8-22)5-6-15(14)25-12-16-19-20-17(23)21(16)4/h5-6,11H,7-10,12H2,1-4H3,(H,20,23). The zero-order valence-corrected chi connectivity index (χ0v) is 15.3. The van der Waals surface area contributed by atoms with E-state index < -0.39 is 0 Å². The van der Waals surface area contributed by atoms with Gasteiger partial charge < -0.3 is 14.4 Å². The van der Waals surface area contributed by atoms with Crippen LogP contribution in [0.3, 0.4) is 0 Å². The van der Waals surface area contributed by atoms with Gasteiger partial charge in [0.2, 0.25) is 0 Å². The van der Waals surface area contributed by atoms with E-state index in [0.717, 1.165) is 37.6 Å². The summed E-state index contributed by atoms with van der Waals surface area (Å²) in [6, 6.07) is 6.29. The number of nitrogens with zero attached hydrogens (tertiary/aromatic N) is 3. The number of hydrogen-bond donors (Lipinski definition) is 1. The first-order valence-electron chi connectivity index (χ1n) is 8.56. The lowest BCUT2D eigenvalue weighted by atomic mass is 9.86. The van der Waals surface area contributed by atoms with E-state index in [1.54, 1.807) is 7.05 Å². The SMILES string of the molecule is Cn1c(COc2ccc(N3CCOCC3)cc2C(C)(C)C)n[nH]c1=O. The van der Waals surface area contributed by atoms with Crippen LogP contribution in [0.5, 0.6) is 5.75 Å². The van der Waals surface area contributed by atoms with Gasteiger partial charge in [-0.05, 0) is 23.6 Å². The van der Waals surface area contributed by atoms with Crippen molar-refractivity contribution < 1.29 is 9.47 Å². The highest BCUT2D eigenvalue weighted by atomic mass is 16.5. The molecule has 25 heavy (non-hydrogen) atoms. The van der Waals surface area contributed by atoms with Crippen LogP contribution in [0.4, 0.5) is 5.69 Å². The molecule has 0 atom stereocenters. The fourth-order valence-electron chi connectivity index (χ4n) is 2.90. The van der Waals surface area contributed by atoms with Gasteiger partial charge in [0.1, 0.15) is 12.4 Å². The molecule has 136 valence electrons. The Bertz CT molecular complexity index is 782. The molecule has 1 N–H and O–H groups in total. The summed E-state index contributed by atoms with van der Waals surface area (Å²) >= 11 is 0. The van der Waals surface area contributed by atoms with Gasteiger partial charge in [0.15, 0.2) is 5.82 Å². The molecule has 0 bridgehead atoms. The monoisotopic (exact) mass is 346 g/mol. The third-order valence-corrected chi connectivity index (χ3v) is 4.48. The molecule has 1 saturated heterocycles. The molecular weight excluding hydrogens is 320 g/mol. The summed E-state index contributed by atoms with van der Waals surface area (Å²) in [5.41, 5.74) is 2.02. The molecule has 0 radical (unpaired) electrons. The highest BCUT2D eigenvalue weighted by Gasteiger charge is 2.22. The van der Waals surface area contributed by atoms with Crippen molar-refractivity contribution in [1.82, 2.24) is 14.8 Å². The Balaban J connectivity index is 1.85. The fraction of sp³-hybridized carbons (Fsp3) is 0.556. The van der Waals surface area contributed by atoms with Gasteiger partial charge in [0.25, 0.3) is 0 Å². The Kier molecular flexibility index (Phi) is 4.85. The Morgan fingerprint density at radius 1 is 1.28 bits per heavy atom. The molecule has 0 spiro atoms. The molecule has 0 aliphatic carbocycles. The average Bonchev–Trinajstić information content (AvgIpc) is 2.92. The average molecular weight is 346 g/mol. The van der Waals surface area contributed by atoms with Crippen molar-refractivity contribution in [3.63, 3.8) is 0 Å². The number of anilines is 1. The van der Waals surface area contributed by atoms with E-state index >= 15 is 0 Å². The quantitative estimate of drug-likeness (QED) is 0.914. The maximum atomic E-state index is 11.5. The Morgan fingerprint density at radius 2 is 2.00 bits per heavy atom. The van der Waals surface area contributed by atoms with E-state index in [-0.39, 0.29) is 17.7 Å². The second kappa shape index (κ2) is 6.92. The van der Waals surface area contributed by atoms with Gasteiger partial charge in [0, 0.05) is 31.4 Å². The van der Waals surface area contributed by atoms with Gasteiger partial charge in [-0.1, -0.05) is 20.8 Å². The highest BCUT2D eigenvalue weighted by Crippen LogP contribution is 2.35. The molecule has 1 aromatic carbocycles. The zero-order valence-electron chi connectivity index (χ0n) is 15.3. The number of nitrogens with one attached hydrogen (secondary N) is 1. The smallest absolute Gasteiger partial charge is 0.343 e. The van der Waals surface area contributed by atoms with Crippen molar-refractivity contribution in [3.8, 4) is 5.75 Å². The number of rotatable bonds is 4. The van der Waals surface area contributed by atoms with Crippen LogP contribution >= 0.6 is 0 Å². The largest absolute Gasteiger partial charge is 0.485 e. The van der Waals surface area contributed by atoms with E-state index in [9.17, 15) is 4.79 Å². The predicted molar refractivity (Wildman–Crippen MR) is 96.3 cm³/mol. The van der Waals surface area contributed by atoms with Crippen LogP contribution in [-0.2, 0) is 23.8 Å². The summed E-state index contributed by atoms with van der Waals surface area (Å²) < 4.78 is 12.9. The number of ether oxygens (including phenoxy) is 2. The predicted octanol–water partition coefficient (Wildman–Crippen LogP) is 1.82. The van der Waals surface area contributed by atoms with Crippen molar-refractivity contribution in [1.29, 1.82) is 0 Å². The third kappa shape index (κ3) is 3.87. The van der Waals surface area contributed by atoms with E-state index in [1.807, 2.05) is 6.07 Å². The minimum absolute atomic E-state index is 0.0604. The van der Waals surface area contributed by atoms with Gasteiger partial charge >= 0.3 is 5.69 Å². The number of hydrogen-bond acceptors (Lipinski definition) is 5. The van der Waals surface area contributed by atoms with Gasteiger partial charge in [-0.3, -0.25) is 4.57 Å². The lowest BCUT2D eigenvalue weighted by molar-refractivity contribution is 0.122. The number of H-pyrrole nitrogens is 1. The van der Waals surface area contributed by atoms with Crippen LogP contribution in [0.1, 0.15) is 32.2 Å². The van der Waals surface area contributed by atoms with Gasteiger partial charge in [-0.25, -0.2) is 9.89 Å². The molecule has 0 saturated carbocycles. The van der Waals surface area contributed by atoms with Gasteiger partial charge in [0.05, 0.1) is 13.2 Å². The Hall–Kier alpha value is -2.28. The molecule has 7 heteroatoms. The maximum absolute atomic E-state index is 11.5. The second-order valence-corrected chi connectivity index (χ2v) is 7.32. The van der Waals surface area contributed by atoms with Crippen LogP contribution < -0.4 is 15.3 Å². The first kappa shape index (κ1) is 17.5. The molecule has 3 rings (SSSR count). The molecule has 7 nitrogen and oxygen atoms in total. The van der Waals surface area contributed by atoms with E-state index in [2.05, 4.69) is 48.0 Å². The van der Waals surface area contributed by atoms with Crippen molar-refractivity contribution in [3.05, 3.63) is 40.1 Å². The normalized spacial score (nSPS) is 15.4. The van der Waals surface area contributed by atoms with E-state index in [4.69, 9.17) is 9.47 Å². The van der Waals surface area contributed by atoms with Crippen LogP contribution in [0.2, 0.25) is 0 Å².